The van der Waals surface area contributed by atoms with E-state index in [-0.39, 0.29) is 25.5 Å². The number of rotatable bonds is 12. The standard InChI is InChI=1S/C17H31N5O6S/c1-11(2)5-14(15(17(25)21-26)8-22(3)29(4,27)28)16(24)20-13(9-23)6-12-7-18-10-19-12/h7,10-11,13-15,23,26H,5-6,8-9H2,1-4H3,(H,18,19)(H,20,24)(H,21,25)/t13-,14+,15-/m0/s1. The molecule has 166 valence electrons. The molecule has 12 heteroatoms. The van der Waals surface area contributed by atoms with Gasteiger partial charge >= 0.3 is 0 Å². The smallest absolute Gasteiger partial charge is 0.248 e. The number of nitrogens with one attached hydrogen (secondary N) is 3. The highest BCUT2D eigenvalue weighted by atomic mass is 32.2. The van der Waals surface area contributed by atoms with E-state index in [1.165, 1.54) is 18.9 Å². The number of aromatic nitrogens is 2. The number of hydrogen-bond donors (Lipinski definition) is 5. The number of amides is 2. The van der Waals surface area contributed by atoms with Gasteiger partial charge in [0.15, 0.2) is 0 Å². The normalized spacial score (nSPS) is 15.2. The van der Waals surface area contributed by atoms with Crippen molar-refractivity contribution in [2.24, 2.45) is 17.8 Å². The van der Waals surface area contributed by atoms with E-state index in [9.17, 15) is 23.1 Å². The van der Waals surface area contributed by atoms with Crippen molar-refractivity contribution < 1.29 is 28.3 Å². The molecule has 0 saturated heterocycles. The maximum atomic E-state index is 13.0. The summed E-state index contributed by atoms with van der Waals surface area (Å²) in [6.45, 7) is 3.12. The van der Waals surface area contributed by atoms with Crippen molar-refractivity contribution in [1.29, 1.82) is 0 Å². The van der Waals surface area contributed by atoms with Crippen molar-refractivity contribution >= 4 is 21.8 Å². The Labute approximate surface area is 170 Å². The molecule has 1 aromatic heterocycles. The summed E-state index contributed by atoms with van der Waals surface area (Å²) in [7, 11) is -2.30. The van der Waals surface area contributed by atoms with Gasteiger partial charge in [-0.2, -0.15) is 0 Å². The molecule has 5 N–H and O–H groups in total. The van der Waals surface area contributed by atoms with Gasteiger partial charge in [0.25, 0.3) is 0 Å². The van der Waals surface area contributed by atoms with Crippen LogP contribution in [0.25, 0.3) is 0 Å². The van der Waals surface area contributed by atoms with Gasteiger partial charge < -0.3 is 15.4 Å². The number of H-pyrrole nitrogens is 1. The summed E-state index contributed by atoms with van der Waals surface area (Å²) in [5, 5.41) is 21.5. The second kappa shape index (κ2) is 11.2. The lowest BCUT2D eigenvalue weighted by atomic mass is 9.83. The molecule has 29 heavy (non-hydrogen) atoms. The molecule has 0 spiro atoms. The van der Waals surface area contributed by atoms with Gasteiger partial charge in [0.2, 0.25) is 21.8 Å². The highest BCUT2D eigenvalue weighted by molar-refractivity contribution is 7.88. The zero-order chi connectivity index (χ0) is 22.2. The molecule has 0 saturated carbocycles. The number of carbonyl (C=O) groups is 2. The van der Waals surface area contributed by atoms with Gasteiger partial charge in [-0.1, -0.05) is 13.8 Å². The Morgan fingerprint density at radius 1 is 1.28 bits per heavy atom. The summed E-state index contributed by atoms with van der Waals surface area (Å²) < 4.78 is 24.5. The Bertz CT molecular complexity index is 752. The van der Waals surface area contributed by atoms with Crippen molar-refractivity contribution in [2.45, 2.75) is 32.7 Å². The third-order valence-electron chi connectivity index (χ3n) is 4.60. The molecule has 0 aromatic carbocycles. The van der Waals surface area contributed by atoms with Gasteiger partial charge in [-0.3, -0.25) is 14.8 Å². The Morgan fingerprint density at radius 2 is 1.93 bits per heavy atom. The Morgan fingerprint density at radius 3 is 2.38 bits per heavy atom. The summed E-state index contributed by atoms with van der Waals surface area (Å²) in [6.07, 6.45) is 4.63. The van der Waals surface area contributed by atoms with Gasteiger partial charge in [-0.15, -0.1) is 0 Å². The van der Waals surface area contributed by atoms with Crippen LogP contribution in [0.5, 0.6) is 0 Å². The van der Waals surface area contributed by atoms with E-state index in [1.807, 2.05) is 13.8 Å². The van der Waals surface area contributed by atoms with E-state index in [0.29, 0.717) is 12.1 Å². The molecule has 0 bridgehead atoms. The molecular formula is C17H31N5O6S. The van der Waals surface area contributed by atoms with Crippen molar-refractivity contribution in [1.82, 2.24) is 25.1 Å². The van der Waals surface area contributed by atoms with E-state index in [0.717, 1.165) is 10.6 Å². The third-order valence-corrected chi connectivity index (χ3v) is 5.88. The van der Waals surface area contributed by atoms with Crippen LogP contribution in [0.1, 0.15) is 26.0 Å². The second-order valence-electron chi connectivity index (χ2n) is 7.53. The van der Waals surface area contributed by atoms with Crippen LogP contribution in [0.15, 0.2) is 12.5 Å². The minimum absolute atomic E-state index is 0.0171. The highest BCUT2D eigenvalue weighted by Crippen LogP contribution is 2.23. The van der Waals surface area contributed by atoms with E-state index in [2.05, 4.69) is 15.3 Å². The molecule has 0 fully saturated rings. The summed E-state index contributed by atoms with van der Waals surface area (Å²) >= 11 is 0. The first-order valence-electron chi connectivity index (χ1n) is 9.23. The predicted octanol–water partition coefficient (Wildman–Crippen LogP) is -0.895. The lowest BCUT2D eigenvalue weighted by Crippen LogP contribution is -2.50. The lowest BCUT2D eigenvalue weighted by Gasteiger charge is -2.30. The topological polar surface area (TPSA) is 165 Å². The van der Waals surface area contributed by atoms with Crippen LogP contribution in [-0.2, 0) is 26.0 Å². The molecule has 1 heterocycles. The predicted molar refractivity (Wildman–Crippen MR) is 105 cm³/mol. The molecule has 0 unspecified atom stereocenters. The second-order valence-corrected chi connectivity index (χ2v) is 9.62. The molecule has 0 aliphatic heterocycles. The molecule has 1 rings (SSSR count). The van der Waals surface area contributed by atoms with Crippen LogP contribution < -0.4 is 10.8 Å². The zero-order valence-corrected chi connectivity index (χ0v) is 17.9. The van der Waals surface area contributed by atoms with Crippen molar-refractivity contribution in [3.05, 3.63) is 18.2 Å². The highest BCUT2D eigenvalue weighted by Gasteiger charge is 2.37. The van der Waals surface area contributed by atoms with Crippen molar-refractivity contribution in [2.75, 3.05) is 26.5 Å². The summed E-state index contributed by atoms with van der Waals surface area (Å²) in [4.78, 5) is 32.1. The Hall–Kier alpha value is -2.02. The molecule has 2 amide bonds. The first-order valence-corrected chi connectivity index (χ1v) is 11.1. The number of hydrogen-bond acceptors (Lipinski definition) is 7. The molecule has 1 aromatic rings. The first kappa shape index (κ1) is 25.0. The fourth-order valence-corrected chi connectivity index (χ4v) is 3.41. The summed E-state index contributed by atoms with van der Waals surface area (Å²) in [5.41, 5.74) is 2.25. The maximum absolute atomic E-state index is 13.0. The molecular weight excluding hydrogens is 402 g/mol. The molecule has 0 aliphatic rings. The monoisotopic (exact) mass is 433 g/mol. The van der Waals surface area contributed by atoms with E-state index in [4.69, 9.17) is 5.21 Å². The Balaban J connectivity index is 3.07. The number of carbonyl (C=O) groups excluding carboxylic acids is 2. The first-order chi connectivity index (χ1) is 13.5. The van der Waals surface area contributed by atoms with Crippen LogP contribution in [0.3, 0.4) is 0 Å². The van der Waals surface area contributed by atoms with E-state index < -0.39 is 39.7 Å². The van der Waals surface area contributed by atoms with Crippen molar-refractivity contribution in [3.63, 3.8) is 0 Å². The fourth-order valence-electron chi connectivity index (χ4n) is 2.98. The maximum Gasteiger partial charge on any atom is 0.248 e. The average molecular weight is 434 g/mol. The number of hydroxylamine groups is 1. The minimum atomic E-state index is -3.60. The van der Waals surface area contributed by atoms with Gasteiger partial charge in [0, 0.05) is 31.9 Å². The average Bonchev–Trinajstić information content (AvgIpc) is 3.14. The third kappa shape index (κ3) is 8.09. The molecule has 0 radical (unpaired) electrons. The Kier molecular flexibility index (Phi) is 9.70. The van der Waals surface area contributed by atoms with Crippen LogP contribution in [0.2, 0.25) is 0 Å². The molecule has 3 atom stereocenters. The van der Waals surface area contributed by atoms with Crippen molar-refractivity contribution in [3.8, 4) is 0 Å². The zero-order valence-electron chi connectivity index (χ0n) is 17.1. The number of aliphatic hydroxyl groups excluding tert-OH is 1. The summed E-state index contributed by atoms with van der Waals surface area (Å²) in [5.74, 6) is -3.37. The number of aromatic amines is 1. The van der Waals surface area contributed by atoms with E-state index in [1.54, 1.807) is 6.20 Å². The van der Waals surface area contributed by atoms with Gasteiger partial charge in [-0.25, -0.2) is 23.2 Å². The SMILES string of the molecule is CC(C)C[C@@H](C(=O)N[C@H](CO)Cc1cnc[nH]1)[C@H](CN(C)S(C)(=O)=O)C(=O)NO. The molecule has 11 nitrogen and oxygen atoms in total. The van der Waals surface area contributed by atoms with Crippen LogP contribution in [0.4, 0.5) is 0 Å². The quantitative estimate of drug-likeness (QED) is 0.211. The summed E-state index contributed by atoms with van der Waals surface area (Å²) in [6, 6.07) is -0.622. The van der Waals surface area contributed by atoms with Crippen LogP contribution >= 0.6 is 0 Å². The molecule has 0 aliphatic carbocycles. The lowest BCUT2D eigenvalue weighted by molar-refractivity contribution is -0.141. The number of nitrogens with zero attached hydrogens (tertiary/aromatic N) is 2. The number of imidazole rings is 1. The number of sulfonamides is 1. The largest absolute Gasteiger partial charge is 0.394 e. The van der Waals surface area contributed by atoms with Gasteiger partial charge in [-0.05, 0) is 12.3 Å². The minimum Gasteiger partial charge on any atom is -0.394 e. The van der Waals surface area contributed by atoms with Crippen LogP contribution in [0, 0.1) is 17.8 Å². The fraction of sp³-hybridized carbons (Fsp3) is 0.706. The van der Waals surface area contributed by atoms with Crippen LogP contribution in [-0.4, -0.2) is 77.3 Å². The van der Waals surface area contributed by atoms with E-state index >= 15 is 0 Å². The number of aliphatic hydroxyl groups is 1. The van der Waals surface area contributed by atoms with Gasteiger partial charge in [0.05, 0.1) is 37.1 Å². The van der Waals surface area contributed by atoms with Gasteiger partial charge in [0.1, 0.15) is 0 Å².